The number of carbonyl (C=O) groups is 1. The molecular formula is C19H27FO3. The van der Waals surface area contributed by atoms with E-state index < -0.39 is 17.3 Å². The molecule has 128 valence electrons. The van der Waals surface area contributed by atoms with Gasteiger partial charge in [-0.15, -0.1) is 0 Å². The zero-order valence-corrected chi connectivity index (χ0v) is 14.4. The Kier molecular flexibility index (Phi) is 7.43. The maximum Gasteiger partial charge on any atom is 0.311 e. The number of aryl methyl sites for hydroxylation is 1. The molecule has 0 unspecified atom stereocenters. The van der Waals surface area contributed by atoms with Gasteiger partial charge in [-0.1, -0.05) is 37.3 Å². The van der Waals surface area contributed by atoms with Gasteiger partial charge >= 0.3 is 5.97 Å². The van der Waals surface area contributed by atoms with Crippen LogP contribution in [0.15, 0.2) is 42.2 Å². The number of halogens is 1. The molecule has 4 heteroatoms. The van der Waals surface area contributed by atoms with Crippen molar-refractivity contribution < 1.29 is 19.0 Å². The van der Waals surface area contributed by atoms with Crippen LogP contribution < -0.4 is 0 Å². The first-order chi connectivity index (χ1) is 10.7. The monoisotopic (exact) mass is 322 g/mol. The SMILES string of the molecule is C[C@@H](/C=C(\F)[C@H](O)CCc1ccccc1)COC(=O)C(C)(C)C. The van der Waals surface area contributed by atoms with Crippen LogP contribution in [0.2, 0.25) is 0 Å². The van der Waals surface area contributed by atoms with E-state index in [2.05, 4.69) is 0 Å². The van der Waals surface area contributed by atoms with Gasteiger partial charge < -0.3 is 9.84 Å². The first kappa shape index (κ1) is 19.4. The van der Waals surface area contributed by atoms with Gasteiger partial charge in [-0.2, -0.15) is 0 Å². The summed E-state index contributed by atoms with van der Waals surface area (Å²) in [6.45, 7) is 7.16. The molecule has 1 rings (SSSR count). The third-order valence-corrected chi connectivity index (χ3v) is 3.40. The fourth-order valence-electron chi connectivity index (χ4n) is 1.94. The van der Waals surface area contributed by atoms with E-state index >= 15 is 0 Å². The second-order valence-corrected chi connectivity index (χ2v) is 6.92. The number of carbonyl (C=O) groups excluding carboxylic acids is 1. The molecule has 0 aromatic heterocycles. The van der Waals surface area contributed by atoms with Gasteiger partial charge in [0.1, 0.15) is 11.9 Å². The summed E-state index contributed by atoms with van der Waals surface area (Å²) in [4.78, 5) is 11.7. The van der Waals surface area contributed by atoms with Crippen LogP contribution in [-0.4, -0.2) is 23.8 Å². The minimum Gasteiger partial charge on any atom is -0.465 e. The van der Waals surface area contributed by atoms with E-state index in [1.54, 1.807) is 27.7 Å². The Balaban J connectivity index is 2.43. The quantitative estimate of drug-likeness (QED) is 0.770. The summed E-state index contributed by atoms with van der Waals surface area (Å²) in [6.07, 6.45) is 1.12. The molecule has 0 saturated carbocycles. The molecule has 0 heterocycles. The second kappa shape index (κ2) is 8.82. The number of aliphatic hydroxyl groups excluding tert-OH is 1. The molecule has 0 saturated heterocycles. The average molecular weight is 322 g/mol. The van der Waals surface area contributed by atoms with Crippen molar-refractivity contribution >= 4 is 5.97 Å². The number of esters is 1. The van der Waals surface area contributed by atoms with Crippen molar-refractivity contribution in [1.82, 2.24) is 0 Å². The van der Waals surface area contributed by atoms with Gasteiger partial charge in [0.25, 0.3) is 0 Å². The van der Waals surface area contributed by atoms with Crippen LogP contribution in [0.25, 0.3) is 0 Å². The Morgan fingerprint density at radius 2 is 1.91 bits per heavy atom. The van der Waals surface area contributed by atoms with Crippen LogP contribution in [0.5, 0.6) is 0 Å². The van der Waals surface area contributed by atoms with Gasteiger partial charge in [0, 0.05) is 5.92 Å². The fraction of sp³-hybridized carbons (Fsp3) is 0.526. The lowest BCUT2D eigenvalue weighted by molar-refractivity contribution is -0.153. The molecule has 3 nitrogen and oxygen atoms in total. The smallest absolute Gasteiger partial charge is 0.311 e. The molecule has 0 fully saturated rings. The first-order valence-corrected chi connectivity index (χ1v) is 7.96. The van der Waals surface area contributed by atoms with Crippen LogP contribution in [-0.2, 0) is 16.0 Å². The summed E-state index contributed by atoms with van der Waals surface area (Å²) in [7, 11) is 0. The standard InChI is InChI=1S/C19H27FO3/c1-14(13-23-18(22)19(2,3)4)12-16(20)17(21)11-10-15-8-6-5-7-9-15/h5-9,12,14,17,21H,10-11,13H2,1-4H3/b16-12-/t14-,17+/m0/s1. The van der Waals surface area contributed by atoms with Crippen molar-refractivity contribution in [2.24, 2.45) is 11.3 Å². The van der Waals surface area contributed by atoms with Crippen LogP contribution in [0.1, 0.15) is 39.7 Å². The van der Waals surface area contributed by atoms with Gasteiger partial charge in [0.2, 0.25) is 0 Å². The average Bonchev–Trinajstić information content (AvgIpc) is 2.50. The van der Waals surface area contributed by atoms with Crippen LogP contribution in [0, 0.1) is 11.3 Å². The topological polar surface area (TPSA) is 46.5 Å². The molecule has 0 aliphatic rings. The number of hydrogen-bond acceptors (Lipinski definition) is 3. The number of hydrogen-bond donors (Lipinski definition) is 1. The molecule has 1 aromatic carbocycles. The summed E-state index contributed by atoms with van der Waals surface area (Å²) in [5, 5.41) is 9.88. The minimum absolute atomic E-state index is 0.106. The van der Waals surface area contributed by atoms with Gasteiger partial charge in [-0.25, -0.2) is 4.39 Å². The lowest BCUT2D eigenvalue weighted by atomic mass is 9.97. The van der Waals surface area contributed by atoms with Gasteiger partial charge in [-0.05, 0) is 45.3 Å². The van der Waals surface area contributed by atoms with E-state index in [1.807, 2.05) is 30.3 Å². The van der Waals surface area contributed by atoms with E-state index in [0.29, 0.717) is 12.8 Å². The largest absolute Gasteiger partial charge is 0.465 e. The lowest BCUT2D eigenvalue weighted by Crippen LogP contribution is -2.24. The van der Waals surface area contributed by atoms with E-state index in [0.717, 1.165) is 5.56 Å². The Hall–Kier alpha value is -1.68. The maximum absolute atomic E-state index is 14.0. The highest BCUT2D eigenvalue weighted by atomic mass is 19.1. The number of benzene rings is 1. The Labute approximate surface area is 138 Å². The summed E-state index contributed by atoms with van der Waals surface area (Å²) >= 11 is 0. The summed E-state index contributed by atoms with van der Waals surface area (Å²) in [6, 6.07) is 9.64. The lowest BCUT2D eigenvalue weighted by Gasteiger charge is -2.18. The van der Waals surface area contributed by atoms with Crippen LogP contribution in [0.4, 0.5) is 4.39 Å². The zero-order chi connectivity index (χ0) is 17.5. The van der Waals surface area contributed by atoms with Crippen LogP contribution in [0.3, 0.4) is 0 Å². The number of aliphatic hydroxyl groups is 1. The van der Waals surface area contributed by atoms with Crippen molar-refractivity contribution in [2.75, 3.05) is 6.61 Å². The molecule has 2 atom stereocenters. The van der Waals surface area contributed by atoms with E-state index in [9.17, 15) is 14.3 Å². The van der Waals surface area contributed by atoms with E-state index in [-0.39, 0.29) is 18.5 Å². The molecule has 0 amide bonds. The number of ether oxygens (including phenoxy) is 1. The molecule has 23 heavy (non-hydrogen) atoms. The third-order valence-electron chi connectivity index (χ3n) is 3.40. The van der Waals surface area contributed by atoms with Crippen molar-refractivity contribution in [2.45, 2.75) is 46.6 Å². The summed E-state index contributed by atoms with van der Waals surface area (Å²) in [5.41, 5.74) is 0.489. The molecule has 1 aromatic rings. The predicted octanol–water partition coefficient (Wildman–Crippen LogP) is 4.06. The molecule has 1 N–H and O–H groups in total. The minimum atomic E-state index is -1.13. The van der Waals surface area contributed by atoms with Crippen molar-refractivity contribution in [3.05, 3.63) is 47.8 Å². The highest BCUT2D eigenvalue weighted by Gasteiger charge is 2.23. The first-order valence-electron chi connectivity index (χ1n) is 7.96. The Morgan fingerprint density at radius 3 is 2.48 bits per heavy atom. The molecule has 0 bridgehead atoms. The normalized spacial score (nSPS) is 15.1. The van der Waals surface area contributed by atoms with Gasteiger partial charge in [-0.3, -0.25) is 4.79 Å². The molecule has 0 radical (unpaired) electrons. The van der Waals surface area contributed by atoms with Gasteiger partial charge in [0.05, 0.1) is 12.0 Å². The second-order valence-electron chi connectivity index (χ2n) is 6.92. The van der Waals surface area contributed by atoms with Crippen molar-refractivity contribution in [1.29, 1.82) is 0 Å². The summed E-state index contributed by atoms with van der Waals surface area (Å²) < 4.78 is 19.1. The summed E-state index contributed by atoms with van der Waals surface area (Å²) in [5.74, 6) is -1.17. The molecule has 0 aliphatic carbocycles. The van der Waals surface area contributed by atoms with Crippen molar-refractivity contribution in [3.8, 4) is 0 Å². The zero-order valence-electron chi connectivity index (χ0n) is 14.4. The van der Waals surface area contributed by atoms with Gasteiger partial charge in [0.15, 0.2) is 0 Å². The van der Waals surface area contributed by atoms with Crippen LogP contribution >= 0.6 is 0 Å². The van der Waals surface area contributed by atoms with Crippen molar-refractivity contribution in [3.63, 3.8) is 0 Å². The number of rotatable bonds is 7. The Bertz CT molecular complexity index is 517. The Morgan fingerprint density at radius 1 is 1.30 bits per heavy atom. The fourth-order valence-corrected chi connectivity index (χ4v) is 1.94. The third kappa shape index (κ3) is 7.42. The maximum atomic E-state index is 14.0. The van der Waals surface area contributed by atoms with E-state index in [1.165, 1.54) is 6.08 Å². The predicted molar refractivity (Wildman–Crippen MR) is 89.5 cm³/mol. The molecular weight excluding hydrogens is 295 g/mol. The highest BCUT2D eigenvalue weighted by Crippen LogP contribution is 2.18. The van der Waals surface area contributed by atoms with E-state index in [4.69, 9.17) is 4.74 Å². The molecule has 0 spiro atoms. The molecule has 0 aliphatic heterocycles. The highest BCUT2D eigenvalue weighted by molar-refractivity contribution is 5.75.